The third-order valence-electron chi connectivity index (χ3n) is 5.16. The molecular weight excluding hydrogens is 312 g/mol. The fourth-order valence-electron chi connectivity index (χ4n) is 3.43. The zero-order valence-corrected chi connectivity index (χ0v) is 14.9. The number of ether oxygens (including phenoxy) is 1. The normalized spacial score (nSPS) is 19.9. The van der Waals surface area contributed by atoms with Gasteiger partial charge in [-0.3, -0.25) is 4.79 Å². The Morgan fingerprint density at radius 2 is 1.88 bits per heavy atom. The van der Waals surface area contributed by atoms with Gasteiger partial charge in [-0.2, -0.15) is 0 Å². The average Bonchev–Trinajstić information content (AvgIpc) is 3.08. The van der Waals surface area contributed by atoms with Crippen molar-refractivity contribution >= 4 is 5.91 Å². The van der Waals surface area contributed by atoms with Gasteiger partial charge < -0.3 is 15.4 Å². The highest BCUT2D eigenvalue weighted by atomic mass is 16.5. The first-order valence-electron chi connectivity index (χ1n) is 8.81. The maximum absolute atomic E-state index is 12.6. The minimum Gasteiger partial charge on any atom is -0.484 e. The quantitative estimate of drug-likeness (QED) is 0.912. The smallest absolute Gasteiger partial charge is 0.260 e. The lowest BCUT2D eigenvalue weighted by molar-refractivity contribution is -0.132. The molecule has 4 nitrogen and oxygen atoms in total. The van der Waals surface area contributed by atoms with Crippen LogP contribution >= 0.6 is 0 Å². The van der Waals surface area contributed by atoms with Gasteiger partial charge in [-0.15, -0.1) is 0 Å². The van der Waals surface area contributed by atoms with E-state index in [2.05, 4.69) is 19.1 Å². The first-order chi connectivity index (χ1) is 12.1. The predicted molar refractivity (Wildman–Crippen MR) is 99.7 cm³/mol. The molecule has 0 spiro atoms. The topological polar surface area (TPSA) is 55.6 Å². The monoisotopic (exact) mass is 338 g/mol. The summed E-state index contributed by atoms with van der Waals surface area (Å²) in [5.74, 6) is 1.37. The van der Waals surface area contributed by atoms with Crippen molar-refractivity contribution in [2.24, 2.45) is 11.7 Å². The number of likely N-dealkylation sites (tertiary alicyclic amines) is 1. The highest BCUT2D eigenvalue weighted by Crippen LogP contribution is 2.32. The largest absolute Gasteiger partial charge is 0.484 e. The molecule has 2 atom stereocenters. The van der Waals surface area contributed by atoms with Crippen LogP contribution in [0.25, 0.3) is 0 Å². The van der Waals surface area contributed by atoms with Crippen LogP contribution in [0.4, 0.5) is 0 Å². The van der Waals surface area contributed by atoms with Crippen LogP contribution in [0.5, 0.6) is 5.75 Å². The van der Waals surface area contributed by atoms with Gasteiger partial charge >= 0.3 is 0 Å². The van der Waals surface area contributed by atoms with Crippen LogP contribution in [0, 0.1) is 19.8 Å². The van der Waals surface area contributed by atoms with Gasteiger partial charge in [0.15, 0.2) is 6.61 Å². The lowest BCUT2D eigenvalue weighted by Crippen LogP contribution is -2.33. The van der Waals surface area contributed by atoms with E-state index in [4.69, 9.17) is 10.5 Å². The number of amides is 1. The molecule has 0 aromatic heterocycles. The fourth-order valence-corrected chi connectivity index (χ4v) is 3.43. The Labute approximate surface area is 149 Å². The number of nitrogens with two attached hydrogens (primary N) is 1. The van der Waals surface area contributed by atoms with Gasteiger partial charge in [0.05, 0.1) is 0 Å². The van der Waals surface area contributed by atoms with E-state index in [0.29, 0.717) is 31.5 Å². The summed E-state index contributed by atoms with van der Waals surface area (Å²) in [5.41, 5.74) is 9.59. The van der Waals surface area contributed by atoms with Crippen LogP contribution in [0.2, 0.25) is 0 Å². The van der Waals surface area contributed by atoms with E-state index in [-0.39, 0.29) is 12.5 Å². The van der Waals surface area contributed by atoms with Crippen molar-refractivity contribution in [1.29, 1.82) is 0 Å². The van der Waals surface area contributed by atoms with Gasteiger partial charge in [-0.1, -0.05) is 36.4 Å². The molecule has 1 amide bonds. The molecule has 3 rings (SSSR count). The Balaban J connectivity index is 1.61. The number of benzene rings is 2. The lowest BCUT2D eigenvalue weighted by atomic mass is 9.89. The van der Waals surface area contributed by atoms with E-state index in [1.165, 1.54) is 16.7 Å². The zero-order chi connectivity index (χ0) is 17.8. The van der Waals surface area contributed by atoms with Crippen LogP contribution in [0.15, 0.2) is 48.5 Å². The number of aryl methyl sites for hydroxylation is 2. The molecule has 1 saturated heterocycles. The fraction of sp³-hybridized carbons (Fsp3) is 0.381. The van der Waals surface area contributed by atoms with Gasteiger partial charge in [0.25, 0.3) is 5.91 Å². The SMILES string of the molecule is Cc1ccc(OCC(=O)N2C[C@@H](CN)[C@H](c3ccccc3)C2)cc1C. The number of nitrogens with zero attached hydrogens (tertiary/aromatic N) is 1. The molecule has 2 aromatic rings. The van der Waals surface area contributed by atoms with Crippen molar-refractivity contribution in [3.8, 4) is 5.75 Å². The molecule has 2 N–H and O–H groups in total. The maximum atomic E-state index is 12.6. The first-order valence-corrected chi connectivity index (χ1v) is 8.81. The van der Waals surface area contributed by atoms with Crippen molar-refractivity contribution in [1.82, 2.24) is 4.90 Å². The van der Waals surface area contributed by atoms with E-state index >= 15 is 0 Å². The average molecular weight is 338 g/mol. The van der Waals surface area contributed by atoms with Crippen LogP contribution in [-0.2, 0) is 4.79 Å². The van der Waals surface area contributed by atoms with Crippen LogP contribution in [0.3, 0.4) is 0 Å². The number of hydrogen-bond acceptors (Lipinski definition) is 3. The number of carbonyl (C=O) groups is 1. The van der Waals surface area contributed by atoms with Crippen LogP contribution in [-0.4, -0.2) is 37.0 Å². The lowest BCUT2D eigenvalue weighted by Gasteiger charge is -2.17. The van der Waals surface area contributed by atoms with Gasteiger partial charge in [0.2, 0.25) is 0 Å². The van der Waals surface area contributed by atoms with Gasteiger partial charge in [-0.25, -0.2) is 0 Å². The summed E-state index contributed by atoms with van der Waals surface area (Å²) in [6.07, 6.45) is 0. The number of carbonyl (C=O) groups excluding carboxylic acids is 1. The second-order valence-corrected chi connectivity index (χ2v) is 6.85. The predicted octanol–water partition coefficient (Wildman–Crippen LogP) is 2.88. The van der Waals surface area contributed by atoms with Crippen molar-refractivity contribution in [2.75, 3.05) is 26.2 Å². The summed E-state index contributed by atoms with van der Waals surface area (Å²) in [6.45, 7) is 6.17. The number of rotatable bonds is 5. The highest BCUT2D eigenvalue weighted by Gasteiger charge is 2.35. The molecule has 0 aliphatic carbocycles. The van der Waals surface area contributed by atoms with E-state index in [1.54, 1.807) is 0 Å². The molecule has 1 fully saturated rings. The third-order valence-corrected chi connectivity index (χ3v) is 5.16. The molecule has 4 heteroatoms. The van der Waals surface area contributed by atoms with E-state index < -0.39 is 0 Å². The molecular formula is C21H26N2O2. The summed E-state index contributed by atoms with van der Waals surface area (Å²) in [4.78, 5) is 14.5. The molecule has 0 radical (unpaired) electrons. The molecule has 0 unspecified atom stereocenters. The Morgan fingerprint density at radius 3 is 2.56 bits per heavy atom. The second-order valence-electron chi connectivity index (χ2n) is 6.85. The van der Waals surface area contributed by atoms with Crippen molar-refractivity contribution < 1.29 is 9.53 Å². The summed E-state index contributed by atoms with van der Waals surface area (Å²) < 4.78 is 5.70. The number of hydrogen-bond donors (Lipinski definition) is 1. The summed E-state index contributed by atoms with van der Waals surface area (Å²) >= 11 is 0. The summed E-state index contributed by atoms with van der Waals surface area (Å²) in [7, 11) is 0. The van der Waals surface area contributed by atoms with Crippen molar-refractivity contribution in [3.63, 3.8) is 0 Å². The Hall–Kier alpha value is -2.33. The van der Waals surface area contributed by atoms with Crippen molar-refractivity contribution in [2.45, 2.75) is 19.8 Å². The van der Waals surface area contributed by atoms with E-state index in [9.17, 15) is 4.79 Å². The van der Waals surface area contributed by atoms with Gasteiger partial charge in [0.1, 0.15) is 5.75 Å². The molecule has 1 heterocycles. The zero-order valence-electron chi connectivity index (χ0n) is 14.9. The molecule has 0 bridgehead atoms. The minimum atomic E-state index is 0.0232. The minimum absolute atomic E-state index is 0.0232. The van der Waals surface area contributed by atoms with E-state index in [1.807, 2.05) is 48.2 Å². The Kier molecular flexibility index (Phi) is 5.39. The van der Waals surface area contributed by atoms with Gasteiger partial charge in [0, 0.05) is 19.0 Å². The molecule has 1 aliphatic heterocycles. The van der Waals surface area contributed by atoms with Gasteiger partial charge in [-0.05, 0) is 55.1 Å². The van der Waals surface area contributed by atoms with Crippen molar-refractivity contribution in [3.05, 3.63) is 65.2 Å². The Morgan fingerprint density at radius 1 is 1.12 bits per heavy atom. The highest BCUT2D eigenvalue weighted by molar-refractivity contribution is 5.78. The summed E-state index contributed by atoms with van der Waals surface area (Å²) in [5, 5.41) is 0. The first kappa shape index (κ1) is 17.5. The molecule has 0 saturated carbocycles. The van der Waals surface area contributed by atoms with E-state index in [0.717, 1.165) is 5.75 Å². The summed E-state index contributed by atoms with van der Waals surface area (Å²) in [6, 6.07) is 16.2. The standard InChI is InChI=1S/C21H26N2O2/c1-15-8-9-19(10-16(15)2)25-14-21(24)23-12-18(11-22)20(13-23)17-6-4-3-5-7-17/h3-10,18,20H,11-14,22H2,1-2H3/t18-,20+/m1/s1. The third kappa shape index (κ3) is 4.02. The van der Waals surface area contributed by atoms with Crippen LogP contribution in [0.1, 0.15) is 22.6 Å². The second kappa shape index (κ2) is 7.70. The Bertz CT molecular complexity index is 730. The molecule has 1 aliphatic rings. The molecule has 132 valence electrons. The maximum Gasteiger partial charge on any atom is 0.260 e. The molecule has 25 heavy (non-hydrogen) atoms. The molecule has 2 aromatic carbocycles. The van der Waals surface area contributed by atoms with Crippen LogP contribution < -0.4 is 10.5 Å².